The highest BCUT2D eigenvalue weighted by Crippen LogP contribution is 2.47. The fourth-order valence-corrected chi connectivity index (χ4v) is 3.35. The summed E-state index contributed by atoms with van der Waals surface area (Å²) in [7, 11) is 3.66. The van der Waals surface area contributed by atoms with Gasteiger partial charge in [-0.2, -0.15) is 0 Å². The third-order valence-electron chi connectivity index (χ3n) is 4.56. The lowest BCUT2D eigenvalue weighted by molar-refractivity contribution is -0.121. The zero-order valence-corrected chi connectivity index (χ0v) is 12.9. The summed E-state index contributed by atoms with van der Waals surface area (Å²) < 4.78 is 11.6. The van der Waals surface area contributed by atoms with Crippen molar-refractivity contribution in [1.29, 1.82) is 0 Å². The van der Waals surface area contributed by atoms with E-state index in [4.69, 9.17) is 9.47 Å². The Labute approximate surface area is 113 Å². The topological polar surface area (TPSA) is 18.5 Å². The molecule has 0 radical (unpaired) electrons. The van der Waals surface area contributed by atoms with Crippen molar-refractivity contribution in [2.45, 2.75) is 59.2 Å². The summed E-state index contributed by atoms with van der Waals surface area (Å²) in [5.41, 5.74) is 0.114. The highest BCUT2D eigenvalue weighted by molar-refractivity contribution is 5.11. The Morgan fingerprint density at radius 3 is 2.28 bits per heavy atom. The molecule has 0 amide bonds. The van der Waals surface area contributed by atoms with E-state index in [1.54, 1.807) is 0 Å². The van der Waals surface area contributed by atoms with Crippen LogP contribution in [0.3, 0.4) is 0 Å². The van der Waals surface area contributed by atoms with Crippen molar-refractivity contribution in [1.82, 2.24) is 0 Å². The van der Waals surface area contributed by atoms with Gasteiger partial charge in [-0.15, -0.1) is 0 Å². The maximum atomic E-state index is 5.80. The van der Waals surface area contributed by atoms with Gasteiger partial charge in [-0.1, -0.05) is 46.3 Å². The highest BCUT2D eigenvalue weighted by Gasteiger charge is 2.48. The smallest absolute Gasteiger partial charge is 0.0835 e. The maximum Gasteiger partial charge on any atom is 0.0835 e. The predicted molar refractivity (Wildman–Crippen MR) is 76.7 cm³/mol. The molecule has 0 fully saturated rings. The standard InChI is InChI=1S/C16H30O2/c1-12(2)10-11-16(13(3)4)14(17-5)8-7-9-15(16)18-6/h7-8,12-15H,9-11H2,1-6H3. The molecule has 1 rings (SSSR count). The summed E-state index contributed by atoms with van der Waals surface area (Å²) in [5.74, 6) is 1.28. The fraction of sp³-hybridized carbons (Fsp3) is 0.875. The second kappa shape index (κ2) is 6.72. The molecule has 2 nitrogen and oxygen atoms in total. The monoisotopic (exact) mass is 254 g/mol. The number of ether oxygens (including phenoxy) is 2. The minimum absolute atomic E-state index is 0.114. The zero-order valence-electron chi connectivity index (χ0n) is 12.9. The van der Waals surface area contributed by atoms with Crippen molar-refractivity contribution >= 4 is 0 Å². The van der Waals surface area contributed by atoms with Gasteiger partial charge >= 0.3 is 0 Å². The summed E-state index contributed by atoms with van der Waals surface area (Å²) in [6.07, 6.45) is 8.29. The van der Waals surface area contributed by atoms with Gasteiger partial charge in [0.2, 0.25) is 0 Å². The minimum atomic E-state index is 0.114. The Kier molecular flexibility index (Phi) is 5.87. The van der Waals surface area contributed by atoms with Crippen molar-refractivity contribution in [3.05, 3.63) is 12.2 Å². The lowest BCUT2D eigenvalue weighted by atomic mass is 9.62. The molecule has 0 bridgehead atoms. The number of hydrogen-bond donors (Lipinski definition) is 0. The van der Waals surface area contributed by atoms with E-state index in [9.17, 15) is 0 Å². The van der Waals surface area contributed by atoms with Gasteiger partial charge in [0, 0.05) is 19.6 Å². The second-order valence-corrected chi connectivity index (χ2v) is 6.24. The number of rotatable bonds is 6. The second-order valence-electron chi connectivity index (χ2n) is 6.24. The Balaban J connectivity index is 3.03. The summed E-state index contributed by atoms with van der Waals surface area (Å²) in [5, 5.41) is 0. The van der Waals surface area contributed by atoms with Crippen molar-refractivity contribution in [3.63, 3.8) is 0 Å². The highest BCUT2D eigenvalue weighted by atomic mass is 16.5. The molecule has 0 aromatic carbocycles. The SMILES string of the molecule is COC1C=CCC(OC)C1(CCC(C)C)C(C)C. The molecule has 2 heteroatoms. The molecular weight excluding hydrogens is 224 g/mol. The molecule has 106 valence electrons. The molecule has 0 aromatic rings. The van der Waals surface area contributed by atoms with Crippen LogP contribution in [-0.2, 0) is 9.47 Å². The molecule has 0 heterocycles. The first-order valence-electron chi connectivity index (χ1n) is 7.21. The van der Waals surface area contributed by atoms with Crippen molar-refractivity contribution in [2.24, 2.45) is 17.3 Å². The van der Waals surface area contributed by atoms with E-state index in [1.165, 1.54) is 12.8 Å². The molecule has 18 heavy (non-hydrogen) atoms. The first kappa shape index (κ1) is 15.7. The molecular formula is C16H30O2. The van der Waals surface area contributed by atoms with Gasteiger partial charge < -0.3 is 9.47 Å². The van der Waals surface area contributed by atoms with Crippen molar-refractivity contribution in [3.8, 4) is 0 Å². The van der Waals surface area contributed by atoms with Crippen molar-refractivity contribution in [2.75, 3.05) is 14.2 Å². The van der Waals surface area contributed by atoms with Crippen LogP contribution in [0.1, 0.15) is 47.0 Å². The average molecular weight is 254 g/mol. The van der Waals surface area contributed by atoms with Crippen LogP contribution < -0.4 is 0 Å². The molecule has 0 aliphatic heterocycles. The van der Waals surface area contributed by atoms with Crippen molar-refractivity contribution < 1.29 is 9.47 Å². The van der Waals surface area contributed by atoms with E-state index in [1.807, 2.05) is 14.2 Å². The zero-order chi connectivity index (χ0) is 13.8. The quantitative estimate of drug-likeness (QED) is 0.666. The van der Waals surface area contributed by atoms with Crippen LogP contribution in [0.15, 0.2) is 12.2 Å². The van der Waals surface area contributed by atoms with Gasteiger partial charge in [0.25, 0.3) is 0 Å². The summed E-state index contributed by atoms with van der Waals surface area (Å²) in [6.45, 7) is 9.18. The van der Waals surface area contributed by atoms with Gasteiger partial charge in [0.15, 0.2) is 0 Å². The molecule has 0 spiro atoms. The first-order chi connectivity index (χ1) is 8.48. The van der Waals surface area contributed by atoms with Gasteiger partial charge in [-0.05, 0) is 24.7 Å². The Bertz CT molecular complexity index is 270. The Hall–Kier alpha value is -0.340. The summed E-state index contributed by atoms with van der Waals surface area (Å²) in [4.78, 5) is 0. The Morgan fingerprint density at radius 1 is 1.17 bits per heavy atom. The molecule has 0 saturated carbocycles. The van der Waals surface area contributed by atoms with Gasteiger partial charge in [-0.3, -0.25) is 0 Å². The molecule has 0 N–H and O–H groups in total. The van der Waals surface area contributed by atoms with E-state index >= 15 is 0 Å². The van der Waals surface area contributed by atoms with Crippen LogP contribution in [-0.4, -0.2) is 26.4 Å². The third-order valence-corrected chi connectivity index (χ3v) is 4.56. The fourth-order valence-electron chi connectivity index (χ4n) is 3.35. The van der Waals surface area contributed by atoms with E-state index in [0.29, 0.717) is 5.92 Å². The molecule has 3 unspecified atom stereocenters. The van der Waals surface area contributed by atoms with E-state index < -0.39 is 0 Å². The molecule has 0 aromatic heterocycles. The number of hydrogen-bond acceptors (Lipinski definition) is 2. The lowest BCUT2D eigenvalue weighted by Gasteiger charge is -2.49. The van der Waals surface area contributed by atoms with Crippen LogP contribution in [0, 0.1) is 17.3 Å². The van der Waals surface area contributed by atoms with E-state index in [2.05, 4.69) is 39.8 Å². The largest absolute Gasteiger partial charge is 0.380 e. The summed E-state index contributed by atoms with van der Waals surface area (Å²) >= 11 is 0. The van der Waals surface area contributed by atoms with Crippen LogP contribution in [0.5, 0.6) is 0 Å². The average Bonchev–Trinajstić information content (AvgIpc) is 2.34. The van der Waals surface area contributed by atoms with Crippen LogP contribution >= 0.6 is 0 Å². The molecule has 1 aliphatic rings. The van der Waals surface area contributed by atoms with Gasteiger partial charge in [0.1, 0.15) is 0 Å². The van der Waals surface area contributed by atoms with Crippen LogP contribution in [0.4, 0.5) is 0 Å². The maximum absolute atomic E-state index is 5.80. The normalized spacial score (nSPS) is 32.4. The van der Waals surface area contributed by atoms with E-state index in [0.717, 1.165) is 12.3 Å². The first-order valence-corrected chi connectivity index (χ1v) is 7.21. The third kappa shape index (κ3) is 2.97. The Morgan fingerprint density at radius 2 is 1.83 bits per heavy atom. The minimum Gasteiger partial charge on any atom is -0.380 e. The molecule has 1 aliphatic carbocycles. The molecule has 0 saturated heterocycles. The lowest BCUT2D eigenvalue weighted by Crippen LogP contribution is -2.51. The van der Waals surface area contributed by atoms with E-state index in [-0.39, 0.29) is 17.6 Å². The van der Waals surface area contributed by atoms with Crippen LogP contribution in [0.2, 0.25) is 0 Å². The predicted octanol–water partition coefficient (Wildman–Crippen LogP) is 4.05. The van der Waals surface area contributed by atoms with Gasteiger partial charge in [0.05, 0.1) is 12.2 Å². The van der Waals surface area contributed by atoms with Gasteiger partial charge in [-0.25, -0.2) is 0 Å². The van der Waals surface area contributed by atoms with Crippen LogP contribution in [0.25, 0.3) is 0 Å². The summed E-state index contributed by atoms with van der Waals surface area (Å²) in [6, 6.07) is 0. The number of methoxy groups -OCH3 is 2. The molecule has 3 atom stereocenters.